The number of rotatable bonds is 16. The van der Waals surface area contributed by atoms with Gasteiger partial charge in [0.05, 0.1) is 44.5 Å². The predicted octanol–water partition coefficient (Wildman–Crippen LogP) is 24.9. The van der Waals surface area contributed by atoms with E-state index in [-0.39, 0.29) is 113 Å². The molecular weight excluding hydrogens is 1510 g/mol. The summed E-state index contributed by atoms with van der Waals surface area (Å²) in [7, 11) is 0. The first-order valence-corrected chi connectivity index (χ1v) is 42.0. The van der Waals surface area contributed by atoms with Gasteiger partial charge < -0.3 is 37.9 Å². The second-order valence-electron chi connectivity index (χ2n) is 41.1. The van der Waals surface area contributed by atoms with Gasteiger partial charge in [0.2, 0.25) is 0 Å². The van der Waals surface area contributed by atoms with Crippen LogP contribution in [0, 0.1) is 0 Å². The van der Waals surface area contributed by atoms with E-state index >= 15 is 38.4 Å². The Bertz CT molecular complexity index is 4330. The van der Waals surface area contributed by atoms with Gasteiger partial charge in [-0.1, -0.05) is 177 Å². The highest BCUT2D eigenvalue weighted by Crippen LogP contribution is 2.51. The second-order valence-corrected chi connectivity index (χ2v) is 41.1. The Morgan fingerprint density at radius 2 is 0.300 bits per heavy atom. The molecule has 0 fully saturated rings. The first kappa shape index (κ1) is 93.4. The van der Waals surface area contributed by atoms with Crippen molar-refractivity contribution in [2.45, 2.75) is 314 Å². The van der Waals surface area contributed by atoms with E-state index in [4.69, 9.17) is 37.9 Å². The van der Waals surface area contributed by atoms with E-state index in [1.807, 2.05) is 97.1 Å². The van der Waals surface area contributed by atoms with Crippen LogP contribution in [0.1, 0.15) is 441 Å². The minimum absolute atomic E-state index is 0.00800. The van der Waals surface area contributed by atoms with Crippen LogP contribution in [0.2, 0.25) is 0 Å². The molecule has 0 aliphatic heterocycles. The molecule has 0 heterocycles. The third kappa shape index (κ3) is 23.2. The number of carbonyl (C=O) groups is 8. The van der Waals surface area contributed by atoms with Crippen molar-refractivity contribution in [3.63, 3.8) is 0 Å². The molecular formula is C104H128O16. The number of carbonyl (C=O) groups excluding carboxylic acids is 8. The lowest BCUT2D eigenvalue weighted by atomic mass is 9.71. The van der Waals surface area contributed by atoms with E-state index in [1.54, 1.807) is 190 Å². The molecule has 0 atom stereocenters. The van der Waals surface area contributed by atoms with Gasteiger partial charge in [0.1, 0.15) is 44.8 Å². The standard InChI is InChI=1S/C104H128O16/c1-57(2)61-33-41-65(42-34-61)85-69-49-71(79(91(107)115-99(15,16)17)53-77(69)89(105)113-97(9,10)11)86(66-43-35-62(36-44-66)58(3)4)73-51-75(83(95(111)119-103(27,28)29)55-81(73)93(109)117-101(21,22)23)88(68-47-39-64(40-48-68)60(7)8)76-52-74(82(94(110)118-102(24,25)26)56-84(76)96(112)120-104(30,31)32)87(67-45-37-63(38-46-67)59(5)6)72-50-70(85)78(90(106)114-98(12,13)14)54-80(72)92(108)116-100(18,19)20/h33-60,85-88H,1-32H3. The summed E-state index contributed by atoms with van der Waals surface area (Å²) in [5.74, 6) is -12.6. The maximum absolute atomic E-state index is 16.5. The van der Waals surface area contributed by atoms with Gasteiger partial charge in [-0.05, 0) is 303 Å². The highest BCUT2D eigenvalue weighted by molar-refractivity contribution is 6.04. The van der Waals surface area contributed by atoms with Crippen molar-refractivity contribution in [1.82, 2.24) is 0 Å². The van der Waals surface area contributed by atoms with Gasteiger partial charge in [0.25, 0.3) is 0 Å². The van der Waals surface area contributed by atoms with Crippen molar-refractivity contribution in [3.05, 3.63) is 279 Å². The van der Waals surface area contributed by atoms with E-state index in [2.05, 4.69) is 55.4 Å². The Morgan fingerprint density at radius 1 is 0.192 bits per heavy atom. The SMILES string of the molecule is CC(C)c1ccc(C2c3cc(c(C(=O)OC(C)(C)C)cc3C(=O)OC(C)(C)C)C(c3ccc(C(C)C)cc3)c3cc(c(C(=O)OC(C)(C)C)cc3C(=O)OC(C)(C)C)C(c3ccc(C(C)C)cc3)c3cc(c(C(=O)OC(C)(C)C)cc3C(=O)OC(C)(C)C)C(c3ccc(C(C)C)cc3)c3cc2c(C(=O)OC(C)(C)C)cc3C(=O)OC(C)(C)C)cc1. The van der Waals surface area contributed by atoms with Crippen LogP contribution in [0.4, 0.5) is 0 Å². The van der Waals surface area contributed by atoms with Gasteiger partial charge in [-0.2, -0.15) is 0 Å². The van der Waals surface area contributed by atoms with Crippen LogP contribution in [0.3, 0.4) is 0 Å². The van der Waals surface area contributed by atoms with Crippen molar-refractivity contribution in [2.24, 2.45) is 0 Å². The fourth-order valence-corrected chi connectivity index (χ4v) is 14.9. The summed E-state index contributed by atoms with van der Waals surface area (Å²) in [6.07, 6.45) is 0. The van der Waals surface area contributed by atoms with Crippen molar-refractivity contribution in [2.75, 3.05) is 0 Å². The van der Waals surface area contributed by atoms with Crippen molar-refractivity contribution in [3.8, 4) is 0 Å². The topological polar surface area (TPSA) is 210 Å². The molecule has 1 aliphatic carbocycles. The number of benzene rings is 8. The van der Waals surface area contributed by atoms with Crippen molar-refractivity contribution < 1.29 is 76.3 Å². The molecule has 0 radical (unpaired) electrons. The van der Waals surface area contributed by atoms with E-state index in [0.717, 1.165) is 22.3 Å². The lowest BCUT2D eigenvalue weighted by Gasteiger charge is -2.34. The van der Waals surface area contributed by atoms with Crippen LogP contribution in [0.5, 0.6) is 0 Å². The minimum Gasteiger partial charge on any atom is -0.456 e. The van der Waals surface area contributed by atoms with E-state index in [0.29, 0.717) is 22.3 Å². The smallest absolute Gasteiger partial charge is 0.338 e. The first-order valence-electron chi connectivity index (χ1n) is 42.0. The molecule has 0 N–H and O–H groups in total. The highest BCUT2D eigenvalue weighted by atomic mass is 16.6. The van der Waals surface area contributed by atoms with Crippen LogP contribution in [-0.4, -0.2) is 92.6 Å². The Balaban J connectivity index is 1.82. The second kappa shape index (κ2) is 34.9. The van der Waals surface area contributed by atoms with Crippen molar-refractivity contribution >= 4 is 47.8 Å². The molecule has 640 valence electrons. The molecule has 8 bridgehead atoms. The number of ether oxygens (including phenoxy) is 8. The van der Waals surface area contributed by atoms with Gasteiger partial charge in [0.15, 0.2) is 0 Å². The van der Waals surface area contributed by atoms with E-state index in [9.17, 15) is 0 Å². The average Bonchev–Trinajstić information content (AvgIpc) is 0.722. The molecule has 0 spiro atoms. The lowest BCUT2D eigenvalue weighted by Crippen LogP contribution is -2.30. The maximum atomic E-state index is 16.5. The van der Waals surface area contributed by atoms with E-state index < -0.39 is 116 Å². The van der Waals surface area contributed by atoms with Gasteiger partial charge in [0, 0.05) is 23.7 Å². The minimum atomic E-state index is -1.36. The fraction of sp³-hybridized carbons (Fsp3) is 0.462. The molecule has 8 aromatic rings. The zero-order valence-electron chi connectivity index (χ0n) is 77.0. The molecule has 16 heteroatoms. The summed E-state index contributed by atoms with van der Waals surface area (Å²) in [6, 6.07) is 44.0. The van der Waals surface area contributed by atoms with Gasteiger partial charge >= 0.3 is 47.8 Å². The predicted molar refractivity (Wildman–Crippen MR) is 473 cm³/mol. The molecule has 120 heavy (non-hydrogen) atoms. The molecule has 0 amide bonds. The fourth-order valence-electron chi connectivity index (χ4n) is 14.9. The van der Waals surface area contributed by atoms with Crippen molar-refractivity contribution in [1.29, 1.82) is 0 Å². The molecule has 0 aromatic heterocycles. The first-order chi connectivity index (χ1) is 55.1. The summed E-state index contributed by atoms with van der Waals surface area (Å²) in [4.78, 5) is 132. The lowest BCUT2D eigenvalue weighted by molar-refractivity contribution is 0.00444. The van der Waals surface area contributed by atoms with E-state index in [1.165, 1.54) is 24.3 Å². The van der Waals surface area contributed by atoms with Crippen LogP contribution in [0.25, 0.3) is 0 Å². The zero-order valence-corrected chi connectivity index (χ0v) is 77.0. The zero-order chi connectivity index (χ0) is 89.7. The van der Waals surface area contributed by atoms with Gasteiger partial charge in [-0.15, -0.1) is 0 Å². The Labute approximate surface area is 712 Å². The largest absolute Gasteiger partial charge is 0.456 e. The molecule has 9 rings (SSSR count). The number of esters is 8. The molecule has 0 saturated heterocycles. The number of hydrogen-bond donors (Lipinski definition) is 0. The average molecular weight is 1630 g/mol. The summed E-state index contributed by atoms with van der Waals surface area (Å²) in [5, 5.41) is 0. The van der Waals surface area contributed by atoms with Crippen LogP contribution in [-0.2, 0) is 37.9 Å². The Hall–Kier alpha value is -10.5. The summed E-state index contributed by atoms with van der Waals surface area (Å²) < 4.78 is 52.7. The maximum Gasteiger partial charge on any atom is 0.338 e. The van der Waals surface area contributed by atoms with Gasteiger partial charge in [-0.25, -0.2) is 38.4 Å². The quantitative estimate of drug-likeness (QED) is 0.0650. The number of fused-ring (bicyclic) bond motifs is 8. The monoisotopic (exact) mass is 1630 g/mol. The highest BCUT2D eigenvalue weighted by Gasteiger charge is 2.44. The summed E-state index contributed by atoms with van der Waals surface area (Å²) in [6.45, 7) is 58.0. The Morgan fingerprint density at radius 3 is 0.392 bits per heavy atom. The summed E-state index contributed by atoms with van der Waals surface area (Å²) in [5.41, 5.74) is -3.88. The third-order valence-corrected chi connectivity index (χ3v) is 20.1. The molecule has 0 unspecified atom stereocenters. The number of hydrogen-bond acceptors (Lipinski definition) is 16. The van der Waals surface area contributed by atoms with Crippen LogP contribution < -0.4 is 0 Å². The molecule has 1 aliphatic rings. The van der Waals surface area contributed by atoms with Gasteiger partial charge in [-0.3, -0.25) is 0 Å². The Kier molecular flexibility index (Phi) is 27.2. The third-order valence-electron chi connectivity index (χ3n) is 20.1. The summed E-state index contributed by atoms with van der Waals surface area (Å²) >= 11 is 0. The molecule has 16 nitrogen and oxygen atoms in total. The normalized spacial score (nSPS) is 15.6. The molecule has 0 saturated carbocycles. The van der Waals surface area contributed by atoms with Crippen LogP contribution in [0.15, 0.2) is 146 Å². The van der Waals surface area contributed by atoms with Crippen LogP contribution >= 0.6 is 0 Å². The molecule has 8 aromatic carbocycles.